The van der Waals surface area contributed by atoms with E-state index < -0.39 is 35.2 Å². The van der Waals surface area contributed by atoms with Gasteiger partial charge >= 0.3 is 12.1 Å². The average molecular weight is 871 g/mol. The van der Waals surface area contributed by atoms with Crippen LogP contribution in [0.2, 0.25) is 0 Å². The number of hydrogen-bond donors (Lipinski definition) is 2. The van der Waals surface area contributed by atoms with Gasteiger partial charge < -0.3 is 33.7 Å². The van der Waals surface area contributed by atoms with Crippen molar-refractivity contribution in [3.63, 3.8) is 0 Å². The molecule has 0 unspecified atom stereocenters. The normalized spacial score (nSPS) is 23.1. The Morgan fingerprint density at radius 3 is 2.74 bits per heavy atom. The number of pyridine rings is 1. The van der Waals surface area contributed by atoms with Gasteiger partial charge in [0.25, 0.3) is 5.91 Å². The molecule has 6 bridgehead atoms. The smallest absolute Gasteiger partial charge is 0.408 e. The van der Waals surface area contributed by atoms with E-state index >= 15 is 0 Å². The molecular formula is C46H62N8O7S. The Labute approximate surface area is 368 Å². The number of rotatable bonds is 6. The van der Waals surface area contributed by atoms with Gasteiger partial charge in [-0.25, -0.2) is 15.2 Å². The van der Waals surface area contributed by atoms with Crippen LogP contribution in [0.15, 0.2) is 35.8 Å². The summed E-state index contributed by atoms with van der Waals surface area (Å²) in [5.41, 5.74) is 9.78. The topological polar surface area (TPSA) is 153 Å². The van der Waals surface area contributed by atoms with Crippen LogP contribution in [0, 0.1) is 5.41 Å². The first-order chi connectivity index (χ1) is 29.6. The van der Waals surface area contributed by atoms with Crippen LogP contribution in [0.25, 0.3) is 33.4 Å². The molecule has 15 nitrogen and oxygen atoms in total. The highest BCUT2D eigenvalue weighted by molar-refractivity contribution is 7.10. The number of anilines is 1. The molecule has 4 aliphatic heterocycles. The van der Waals surface area contributed by atoms with E-state index in [1.165, 1.54) is 16.3 Å². The average Bonchev–Trinajstić information content (AvgIpc) is 3.85. The summed E-state index contributed by atoms with van der Waals surface area (Å²) in [6, 6.07) is 7.38. The molecule has 4 atom stereocenters. The summed E-state index contributed by atoms with van der Waals surface area (Å²) in [5.74, 6) is -0.801. The van der Waals surface area contributed by atoms with E-state index in [0.717, 1.165) is 89.8 Å². The third kappa shape index (κ3) is 9.35. The summed E-state index contributed by atoms with van der Waals surface area (Å²) in [6.45, 7) is 20.2. The number of carbonyl (C=O) groups is 3. The number of cyclic esters (lactones) is 1. The predicted molar refractivity (Wildman–Crippen MR) is 239 cm³/mol. The van der Waals surface area contributed by atoms with Crippen LogP contribution in [-0.4, -0.2) is 126 Å². The number of methoxy groups -OCH3 is 1. The minimum atomic E-state index is -0.993. The second kappa shape index (κ2) is 17.9. The number of fused-ring (bicyclic) bond motifs is 7. The molecule has 0 saturated carbocycles. The van der Waals surface area contributed by atoms with Crippen LogP contribution in [0.3, 0.4) is 0 Å². The van der Waals surface area contributed by atoms with Gasteiger partial charge in [-0.3, -0.25) is 24.5 Å². The number of nitrogens with zero attached hydrogens (tertiary/aromatic N) is 6. The van der Waals surface area contributed by atoms with Crippen LogP contribution in [0.4, 0.5) is 10.5 Å². The van der Waals surface area contributed by atoms with Gasteiger partial charge in [-0.1, -0.05) is 19.9 Å². The number of thiazole rings is 1. The molecule has 1 aromatic carbocycles. The molecule has 2 N–H and O–H groups in total. The molecule has 4 aliphatic rings. The maximum Gasteiger partial charge on any atom is 0.408 e. The molecule has 62 heavy (non-hydrogen) atoms. The van der Waals surface area contributed by atoms with Crippen molar-refractivity contribution < 1.29 is 33.3 Å². The number of alkyl carbamates (subject to hydrolysis) is 1. The van der Waals surface area contributed by atoms with Crippen molar-refractivity contribution in [3.8, 4) is 22.5 Å². The maximum absolute atomic E-state index is 14.1. The SMILES string of the molecule is CCn1c(-c2cc(N3CCN4CCOC[C@@H]4C3)cnc2[C@H](C)OC)c2c3cc(ccc31)-c1csc(n1)C[C@H](NC(=O)OC(C)(C)C)C(=O)N1CCC[C@H](N1)C(=O)OCC(C)(C)C2. The Hall–Kier alpha value is -4.61. The Balaban J connectivity index is 1.25. The number of hydrazine groups is 1. The highest BCUT2D eigenvalue weighted by Crippen LogP contribution is 2.43. The van der Waals surface area contributed by atoms with Crippen molar-refractivity contribution in [3.05, 3.63) is 52.1 Å². The molecule has 2 amide bonds. The zero-order valence-electron chi connectivity index (χ0n) is 37.4. The van der Waals surface area contributed by atoms with Gasteiger partial charge in [-0.05, 0) is 77.6 Å². The summed E-state index contributed by atoms with van der Waals surface area (Å²) >= 11 is 1.44. The summed E-state index contributed by atoms with van der Waals surface area (Å²) in [6.07, 6.45) is 2.83. The first-order valence-corrected chi connectivity index (χ1v) is 22.9. The zero-order chi connectivity index (χ0) is 43.9. The Bertz CT molecular complexity index is 2300. The highest BCUT2D eigenvalue weighted by Gasteiger charge is 2.37. The lowest BCUT2D eigenvalue weighted by Crippen LogP contribution is -2.60. The first-order valence-electron chi connectivity index (χ1n) is 22.0. The van der Waals surface area contributed by atoms with E-state index in [-0.39, 0.29) is 25.0 Å². The largest absolute Gasteiger partial charge is 0.464 e. The first kappa shape index (κ1) is 44.0. The number of benzene rings is 1. The van der Waals surface area contributed by atoms with E-state index in [9.17, 15) is 14.4 Å². The minimum absolute atomic E-state index is 0.140. The number of amides is 2. The standard InChI is InChI=1S/C46H62N8O7S/c1-9-53-38-13-12-29-19-32(38)34(41(53)33-20-30(23-47-40(33)28(2)58-8)52-16-15-51-17-18-59-25-31(51)24-52)22-46(6,7)27-60-43(56)35-11-10-14-54(50-35)42(55)36(21-39-48-37(29)26-62-39)49-44(57)61-45(3,4)5/h12-13,19-20,23,26,28,31,35-36,50H,9-11,14-18,21-22,24-25,27H2,1-8H3,(H,49,57)/t28-,31-,35-,36-/m0/s1. The fourth-order valence-electron chi connectivity index (χ4n) is 9.20. The van der Waals surface area contributed by atoms with E-state index in [1.54, 1.807) is 27.9 Å². The van der Waals surface area contributed by atoms with E-state index in [4.69, 9.17) is 28.9 Å². The van der Waals surface area contributed by atoms with Gasteiger partial charge in [0, 0.05) is 85.6 Å². The van der Waals surface area contributed by atoms with E-state index in [0.29, 0.717) is 43.4 Å². The number of piperazine rings is 1. The third-order valence-corrected chi connectivity index (χ3v) is 13.3. The summed E-state index contributed by atoms with van der Waals surface area (Å²) in [7, 11) is 1.72. The fraction of sp³-hybridized carbons (Fsp3) is 0.587. The summed E-state index contributed by atoms with van der Waals surface area (Å²) in [4.78, 5) is 56.3. The van der Waals surface area contributed by atoms with Crippen molar-refractivity contribution in [1.82, 2.24) is 35.2 Å². The Morgan fingerprint density at radius 1 is 1.15 bits per heavy atom. The molecule has 3 aromatic heterocycles. The van der Waals surface area contributed by atoms with Crippen LogP contribution < -0.4 is 15.6 Å². The van der Waals surface area contributed by atoms with Crippen molar-refractivity contribution in [2.75, 3.05) is 64.6 Å². The Kier molecular flexibility index (Phi) is 12.7. The monoisotopic (exact) mass is 870 g/mol. The number of ether oxygens (including phenoxy) is 4. The van der Waals surface area contributed by atoms with Crippen molar-refractivity contribution in [2.24, 2.45) is 5.41 Å². The molecule has 0 spiro atoms. The Morgan fingerprint density at radius 2 is 1.97 bits per heavy atom. The number of hydrogen-bond acceptors (Lipinski definition) is 13. The molecule has 0 radical (unpaired) electrons. The summed E-state index contributed by atoms with van der Waals surface area (Å²) < 4.78 is 26.0. The van der Waals surface area contributed by atoms with Gasteiger partial charge in [0.05, 0.1) is 65.9 Å². The van der Waals surface area contributed by atoms with Crippen LogP contribution >= 0.6 is 11.3 Å². The lowest BCUT2D eigenvalue weighted by atomic mass is 9.84. The van der Waals surface area contributed by atoms with E-state index in [2.05, 4.69) is 70.1 Å². The third-order valence-electron chi connectivity index (χ3n) is 12.4. The second-order valence-electron chi connectivity index (χ2n) is 18.8. The number of carbonyl (C=O) groups excluding carboxylic acids is 3. The van der Waals surface area contributed by atoms with Gasteiger partial charge in [0.2, 0.25) is 0 Å². The predicted octanol–water partition coefficient (Wildman–Crippen LogP) is 6.13. The van der Waals surface area contributed by atoms with Gasteiger partial charge in [-0.15, -0.1) is 11.3 Å². The lowest BCUT2D eigenvalue weighted by molar-refractivity contribution is -0.155. The van der Waals surface area contributed by atoms with Crippen molar-refractivity contribution in [2.45, 2.75) is 111 Å². The molecule has 7 heterocycles. The molecule has 4 aromatic rings. The zero-order valence-corrected chi connectivity index (χ0v) is 38.2. The summed E-state index contributed by atoms with van der Waals surface area (Å²) in [5, 5.41) is 8.00. The molecule has 0 aliphatic carbocycles. The van der Waals surface area contributed by atoms with Crippen molar-refractivity contribution in [1.29, 1.82) is 0 Å². The van der Waals surface area contributed by atoms with Crippen molar-refractivity contribution >= 4 is 45.9 Å². The number of nitrogens with one attached hydrogen (secondary N) is 2. The molecule has 334 valence electrons. The highest BCUT2D eigenvalue weighted by atomic mass is 32.1. The molecule has 8 rings (SSSR count). The minimum Gasteiger partial charge on any atom is -0.464 e. The van der Waals surface area contributed by atoms with Crippen LogP contribution in [-0.2, 0) is 47.9 Å². The molecule has 16 heteroatoms. The van der Waals surface area contributed by atoms with Gasteiger partial charge in [0.15, 0.2) is 0 Å². The number of aromatic nitrogens is 3. The van der Waals surface area contributed by atoms with E-state index in [1.807, 2.05) is 18.5 Å². The van der Waals surface area contributed by atoms with Crippen LogP contribution in [0.5, 0.6) is 0 Å². The number of aryl methyl sites for hydroxylation is 1. The maximum atomic E-state index is 14.1. The molecular weight excluding hydrogens is 809 g/mol. The number of esters is 1. The quantitative estimate of drug-likeness (QED) is 0.215. The fourth-order valence-corrected chi connectivity index (χ4v) is 10.1. The van der Waals surface area contributed by atoms with Crippen LogP contribution in [0.1, 0.15) is 83.7 Å². The second-order valence-corrected chi connectivity index (χ2v) is 19.8. The van der Waals surface area contributed by atoms with Gasteiger partial charge in [0.1, 0.15) is 17.7 Å². The molecule has 3 saturated heterocycles. The molecule has 3 fully saturated rings. The lowest BCUT2D eigenvalue weighted by Gasteiger charge is -2.44. The number of morpholine rings is 1. The van der Waals surface area contributed by atoms with Gasteiger partial charge in [-0.2, -0.15) is 0 Å².